The highest BCUT2D eigenvalue weighted by atomic mass is 16.4. The van der Waals surface area contributed by atoms with Crippen LogP contribution in [-0.4, -0.2) is 51.6 Å². The van der Waals surface area contributed by atoms with Crippen molar-refractivity contribution in [1.29, 1.82) is 0 Å². The molecule has 0 saturated heterocycles. The van der Waals surface area contributed by atoms with Crippen LogP contribution in [0.1, 0.15) is 47.4 Å². The molecule has 6 nitrogen and oxygen atoms in total. The fourth-order valence-electron chi connectivity index (χ4n) is 4.38. The fraction of sp³-hybridized carbons (Fsp3) is 0.478. The monoisotopic (exact) mass is 395 g/mol. The zero-order valence-electron chi connectivity index (χ0n) is 17.1. The molecular formula is C23H29N3O3. The maximum absolute atomic E-state index is 12.9. The Bertz CT molecular complexity index is 896. The molecule has 0 bridgehead atoms. The number of para-hydroxylation sites is 1. The van der Waals surface area contributed by atoms with Crippen LogP contribution >= 0.6 is 0 Å². The second kappa shape index (κ2) is 8.03. The number of carboxylic acids is 1. The van der Waals surface area contributed by atoms with E-state index in [2.05, 4.69) is 14.8 Å². The summed E-state index contributed by atoms with van der Waals surface area (Å²) in [4.78, 5) is 26.1. The Morgan fingerprint density at radius 2 is 1.86 bits per heavy atom. The van der Waals surface area contributed by atoms with Crippen molar-refractivity contribution >= 4 is 11.9 Å². The summed E-state index contributed by atoms with van der Waals surface area (Å²) in [6, 6.07) is 12.4. The highest BCUT2D eigenvalue weighted by Gasteiger charge is 2.38. The third-order valence-electron chi connectivity index (χ3n) is 6.18. The number of carbonyl (C=O) groups is 2. The third-order valence-corrected chi connectivity index (χ3v) is 6.18. The molecule has 29 heavy (non-hydrogen) atoms. The Hall–Kier alpha value is -2.60. The molecule has 2 aliphatic carbocycles. The topological polar surface area (TPSA) is 74.6 Å². The van der Waals surface area contributed by atoms with E-state index in [1.807, 2.05) is 50.2 Å². The summed E-state index contributed by atoms with van der Waals surface area (Å²) in [7, 11) is 0. The predicted molar refractivity (Wildman–Crippen MR) is 111 cm³/mol. The number of aromatic nitrogens is 1. The SMILES string of the molecule is Cc1cc(C(=O)NC2CC(N(CC(=O)O)CC3CC3)C2)c(C)n1-c1ccccc1. The second-order valence-corrected chi connectivity index (χ2v) is 8.52. The van der Waals surface area contributed by atoms with E-state index >= 15 is 0 Å². The predicted octanol–water partition coefficient (Wildman–Crippen LogP) is 3.15. The minimum absolute atomic E-state index is 0.0456. The Morgan fingerprint density at radius 3 is 2.48 bits per heavy atom. The van der Waals surface area contributed by atoms with Gasteiger partial charge in [0.1, 0.15) is 0 Å². The van der Waals surface area contributed by atoms with Crippen molar-refractivity contribution in [3.8, 4) is 5.69 Å². The first-order valence-electron chi connectivity index (χ1n) is 10.4. The van der Waals surface area contributed by atoms with Crippen molar-refractivity contribution < 1.29 is 14.7 Å². The van der Waals surface area contributed by atoms with Gasteiger partial charge >= 0.3 is 5.97 Å². The molecule has 0 unspecified atom stereocenters. The summed E-state index contributed by atoms with van der Waals surface area (Å²) < 4.78 is 2.10. The summed E-state index contributed by atoms with van der Waals surface area (Å²) >= 11 is 0. The summed E-state index contributed by atoms with van der Waals surface area (Å²) in [6.07, 6.45) is 4.06. The lowest BCUT2D eigenvalue weighted by Gasteiger charge is -2.42. The number of aliphatic carboxylic acids is 1. The molecule has 2 aliphatic rings. The number of hydrogen-bond acceptors (Lipinski definition) is 3. The molecule has 0 aliphatic heterocycles. The molecule has 1 aromatic heterocycles. The maximum atomic E-state index is 12.9. The fourth-order valence-corrected chi connectivity index (χ4v) is 4.38. The van der Waals surface area contributed by atoms with Crippen LogP contribution < -0.4 is 5.32 Å². The molecule has 0 atom stereocenters. The van der Waals surface area contributed by atoms with Gasteiger partial charge in [-0.1, -0.05) is 18.2 Å². The smallest absolute Gasteiger partial charge is 0.317 e. The van der Waals surface area contributed by atoms with Crippen LogP contribution in [0.4, 0.5) is 0 Å². The molecule has 154 valence electrons. The van der Waals surface area contributed by atoms with Crippen LogP contribution in [0, 0.1) is 19.8 Å². The van der Waals surface area contributed by atoms with E-state index in [0.29, 0.717) is 11.5 Å². The molecule has 2 N–H and O–H groups in total. The average molecular weight is 396 g/mol. The van der Waals surface area contributed by atoms with Crippen LogP contribution in [0.15, 0.2) is 36.4 Å². The second-order valence-electron chi connectivity index (χ2n) is 8.52. The minimum Gasteiger partial charge on any atom is -0.480 e. The number of hydrogen-bond donors (Lipinski definition) is 2. The average Bonchev–Trinajstić information content (AvgIpc) is 3.41. The lowest BCUT2D eigenvalue weighted by atomic mass is 9.85. The lowest BCUT2D eigenvalue weighted by molar-refractivity contribution is -0.139. The van der Waals surface area contributed by atoms with E-state index in [1.54, 1.807) is 0 Å². The zero-order chi connectivity index (χ0) is 20.5. The number of amides is 1. The van der Waals surface area contributed by atoms with E-state index in [-0.39, 0.29) is 24.5 Å². The first kappa shape index (κ1) is 19.7. The summed E-state index contributed by atoms with van der Waals surface area (Å²) in [5, 5.41) is 12.3. The number of benzene rings is 1. The van der Waals surface area contributed by atoms with E-state index in [9.17, 15) is 14.7 Å². The summed E-state index contributed by atoms with van der Waals surface area (Å²) in [5.74, 6) is -0.159. The van der Waals surface area contributed by atoms with Gasteiger partial charge in [-0.15, -0.1) is 0 Å². The van der Waals surface area contributed by atoms with Gasteiger partial charge in [-0.25, -0.2) is 0 Å². The maximum Gasteiger partial charge on any atom is 0.317 e. The Balaban J connectivity index is 1.38. The molecule has 1 heterocycles. The molecule has 0 spiro atoms. The Kier molecular flexibility index (Phi) is 5.46. The number of carboxylic acid groups (broad SMARTS) is 1. The van der Waals surface area contributed by atoms with E-state index < -0.39 is 5.97 Å². The number of nitrogens with one attached hydrogen (secondary N) is 1. The van der Waals surface area contributed by atoms with E-state index in [4.69, 9.17) is 0 Å². The van der Waals surface area contributed by atoms with Gasteiger partial charge in [0.15, 0.2) is 0 Å². The van der Waals surface area contributed by atoms with Gasteiger partial charge in [-0.3, -0.25) is 14.5 Å². The van der Waals surface area contributed by atoms with Gasteiger partial charge in [0.2, 0.25) is 0 Å². The molecule has 6 heteroatoms. The largest absolute Gasteiger partial charge is 0.480 e. The molecule has 2 fully saturated rings. The van der Waals surface area contributed by atoms with Gasteiger partial charge in [0.25, 0.3) is 5.91 Å². The number of rotatable bonds is 8. The van der Waals surface area contributed by atoms with Crippen LogP contribution in [0.2, 0.25) is 0 Å². The van der Waals surface area contributed by atoms with Crippen LogP contribution in [0.25, 0.3) is 5.69 Å². The number of nitrogens with zero attached hydrogens (tertiary/aromatic N) is 2. The lowest BCUT2D eigenvalue weighted by Crippen LogP contribution is -2.55. The van der Waals surface area contributed by atoms with E-state index in [0.717, 1.165) is 36.5 Å². The van der Waals surface area contributed by atoms with Crippen molar-refractivity contribution in [2.75, 3.05) is 13.1 Å². The molecule has 1 aromatic carbocycles. The molecule has 1 amide bonds. The molecule has 4 rings (SSSR count). The quantitative estimate of drug-likeness (QED) is 0.720. The third kappa shape index (κ3) is 4.37. The van der Waals surface area contributed by atoms with Gasteiger partial charge in [0, 0.05) is 35.7 Å². The highest BCUT2D eigenvalue weighted by molar-refractivity contribution is 5.96. The highest BCUT2D eigenvalue weighted by Crippen LogP contribution is 2.34. The van der Waals surface area contributed by atoms with Crippen molar-refractivity contribution in [1.82, 2.24) is 14.8 Å². The Morgan fingerprint density at radius 1 is 1.17 bits per heavy atom. The van der Waals surface area contributed by atoms with Crippen LogP contribution in [-0.2, 0) is 4.79 Å². The molecule has 2 aromatic rings. The Labute approximate surface area is 171 Å². The first-order chi connectivity index (χ1) is 13.9. The minimum atomic E-state index is -0.772. The van der Waals surface area contributed by atoms with Crippen molar-refractivity contribution in [3.63, 3.8) is 0 Å². The zero-order valence-corrected chi connectivity index (χ0v) is 17.1. The summed E-state index contributed by atoms with van der Waals surface area (Å²) in [5.41, 5.74) is 3.72. The van der Waals surface area contributed by atoms with Gasteiger partial charge in [-0.2, -0.15) is 0 Å². The standard InChI is InChI=1S/C23H29N3O3/c1-15-10-21(16(2)26(15)19-6-4-3-5-7-19)23(29)24-18-11-20(12-18)25(14-22(27)28)13-17-8-9-17/h3-7,10,17-18,20H,8-9,11-14H2,1-2H3,(H,24,29)(H,27,28). The van der Waals surface area contributed by atoms with E-state index in [1.165, 1.54) is 12.8 Å². The van der Waals surface area contributed by atoms with Crippen LogP contribution in [0.3, 0.4) is 0 Å². The number of aryl methyl sites for hydroxylation is 1. The molecular weight excluding hydrogens is 366 g/mol. The van der Waals surface area contributed by atoms with Crippen molar-refractivity contribution in [2.24, 2.45) is 5.92 Å². The van der Waals surface area contributed by atoms with Gasteiger partial charge < -0.3 is 15.0 Å². The molecule has 2 saturated carbocycles. The van der Waals surface area contributed by atoms with Crippen molar-refractivity contribution in [3.05, 3.63) is 53.3 Å². The van der Waals surface area contributed by atoms with Crippen molar-refractivity contribution in [2.45, 2.75) is 51.6 Å². The normalized spacial score (nSPS) is 21.1. The number of carbonyl (C=O) groups excluding carboxylic acids is 1. The first-order valence-corrected chi connectivity index (χ1v) is 10.4. The van der Waals surface area contributed by atoms with Gasteiger partial charge in [0.05, 0.1) is 12.1 Å². The molecule has 0 radical (unpaired) electrons. The summed E-state index contributed by atoms with van der Waals surface area (Å²) in [6.45, 7) is 4.95. The van der Waals surface area contributed by atoms with Gasteiger partial charge in [-0.05, 0) is 63.6 Å². The van der Waals surface area contributed by atoms with Crippen LogP contribution in [0.5, 0.6) is 0 Å².